The van der Waals surface area contributed by atoms with E-state index in [2.05, 4.69) is 10.2 Å². The van der Waals surface area contributed by atoms with Crippen molar-refractivity contribution in [2.24, 2.45) is 0 Å². The summed E-state index contributed by atoms with van der Waals surface area (Å²) in [7, 11) is 0.580. The summed E-state index contributed by atoms with van der Waals surface area (Å²) in [5, 5.41) is 3.08. The Morgan fingerprint density at radius 3 is 2.75 bits per heavy atom. The molecule has 0 aliphatic carbocycles. The number of aryl methyl sites for hydroxylation is 1. The van der Waals surface area contributed by atoms with Crippen LogP contribution in [0, 0.1) is 6.92 Å². The number of nitrogens with zero attached hydrogens (tertiary/aromatic N) is 2. The lowest BCUT2D eigenvalue weighted by Crippen LogP contribution is -2.34. The number of likely N-dealkylation sites (N-methyl/N-ethyl adjacent to an activating group) is 1. The highest BCUT2D eigenvalue weighted by molar-refractivity contribution is 7.91. The fraction of sp³-hybridized carbons (Fsp3) is 0.692. The number of sulfonamides is 1. The number of thiophene rings is 1. The van der Waals surface area contributed by atoms with Gasteiger partial charge in [-0.3, -0.25) is 0 Å². The molecule has 1 N–H and O–H groups in total. The van der Waals surface area contributed by atoms with E-state index in [1.165, 1.54) is 11.3 Å². The highest BCUT2D eigenvalue weighted by Gasteiger charge is 2.28. The fourth-order valence-electron chi connectivity index (χ4n) is 2.34. The van der Waals surface area contributed by atoms with Gasteiger partial charge < -0.3 is 10.2 Å². The summed E-state index contributed by atoms with van der Waals surface area (Å²) < 4.78 is 27.5. The number of nitrogens with one attached hydrogen (secondary N) is 1. The van der Waals surface area contributed by atoms with Gasteiger partial charge in [0.15, 0.2) is 0 Å². The molecule has 1 aliphatic heterocycles. The lowest BCUT2D eigenvalue weighted by Gasteiger charge is -2.19. The van der Waals surface area contributed by atoms with E-state index >= 15 is 0 Å². The van der Waals surface area contributed by atoms with Gasteiger partial charge in [-0.25, -0.2) is 8.42 Å². The maximum absolute atomic E-state index is 12.7. The first-order chi connectivity index (χ1) is 9.45. The van der Waals surface area contributed by atoms with Crippen molar-refractivity contribution in [3.63, 3.8) is 0 Å². The Kier molecular flexibility index (Phi) is 5.19. The second-order valence-electron chi connectivity index (χ2n) is 5.26. The molecule has 1 aromatic heterocycles. The lowest BCUT2D eigenvalue weighted by molar-refractivity contribution is 0.347. The molecule has 1 saturated heterocycles. The van der Waals surface area contributed by atoms with Crippen LogP contribution in [0.15, 0.2) is 10.3 Å². The second-order valence-corrected chi connectivity index (χ2v) is 8.56. The summed E-state index contributed by atoms with van der Waals surface area (Å²) in [5.41, 5.74) is 1.05. The van der Waals surface area contributed by atoms with E-state index < -0.39 is 10.0 Å². The summed E-state index contributed by atoms with van der Waals surface area (Å²) in [5.74, 6) is 0. The van der Waals surface area contributed by atoms with Gasteiger partial charge >= 0.3 is 0 Å². The fourth-order valence-corrected chi connectivity index (χ4v) is 5.57. The molecule has 0 spiro atoms. The molecule has 1 aliphatic rings. The van der Waals surface area contributed by atoms with E-state index in [0.717, 1.165) is 36.5 Å². The van der Waals surface area contributed by atoms with Crippen LogP contribution in [0.5, 0.6) is 0 Å². The van der Waals surface area contributed by atoms with E-state index in [1.807, 2.05) is 21.0 Å². The molecule has 0 bridgehead atoms. The van der Waals surface area contributed by atoms with Gasteiger partial charge in [0.1, 0.15) is 4.21 Å². The van der Waals surface area contributed by atoms with Crippen LogP contribution in [0.3, 0.4) is 0 Å². The minimum atomic E-state index is -3.33. The Morgan fingerprint density at radius 2 is 2.05 bits per heavy atom. The van der Waals surface area contributed by atoms with Gasteiger partial charge in [0.25, 0.3) is 10.0 Å². The van der Waals surface area contributed by atoms with Crippen LogP contribution in [-0.2, 0) is 16.6 Å². The van der Waals surface area contributed by atoms with Gasteiger partial charge in [0, 0.05) is 31.1 Å². The van der Waals surface area contributed by atoms with Crippen LogP contribution in [0.2, 0.25) is 0 Å². The number of hydrogen-bond acceptors (Lipinski definition) is 5. The zero-order chi connectivity index (χ0) is 14.8. The Labute approximate surface area is 125 Å². The summed E-state index contributed by atoms with van der Waals surface area (Å²) in [6.45, 7) is 5.64. The number of hydrogen-bond donors (Lipinski definition) is 1. The Morgan fingerprint density at radius 1 is 1.30 bits per heavy atom. The summed E-state index contributed by atoms with van der Waals surface area (Å²) in [4.78, 5) is 3.28. The van der Waals surface area contributed by atoms with E-state index in [-0.39, 0.29) is 0 Å². The zero-order valence-corrected chi connectivity index (χ0v) is 14.0. The van der Waals surface area contributed by atoms with Gasteiger partial charge in [0.05, 0.1) is 0 Å². The molecule has 0 radical (unpaired) electrons. The summed E-state index contributed by atoms with van der Waals surface area (Å²) >= 11 is 1.39. The molecule has 0 atom stereocenters. The molecule has 114 valence electrons. The van der Waals surface area contributed by atoms with Gasteiger partial charge in [-0.15, -0.1) is 11.3 Å². The normalized spacial score (nSPS) is 19.1. The average Bonchev–Trinajstić information content (AvgIpc) is 2.62. The molecule has 5 nitrogen and oxygen atoms in total. The van der Waals surface area contributed by atoms with Crippen molar-refractivity contribution >= 4 is 21.4 Å². The molecule has 0 unspecified atom stereocenters. The van der Waals surface area contributed by atoms with Crippen LogP contribution < -0.4 is 5.32 Å². The molecular weight excluding hydrogens is 294 g/mol. The van der Waals surface area contributed by atoms with E-state index in [4.69, 9.17) is 0 Å². The van der Waals surface area contributed by atoms with Gasteiger partial charge in [-0.05, 0) is 45.6 Å². The summed E-state index contributed by atoms with van der Waals surface area (Å²) in [6.07, 6.45) is 0.892. The van der Waals surface area contributed by atoms with Crippen molar-refractivity contribution in [3.8, 4) is 0 Å². The smallest absolute Gasteiger partial charge is 0.252 e. The predicted molar refractivity (Wildman–Crippen MR) is 82.7 cm³/mol. The second kappa shape index (κ2) is 6.53. The Hall–Kier alpha value is -0.470. The molecule has 0 saturated carbocycles. The Balaban J connectivity index is 2.23. The van der Waals surface area contributed by atoms with E-state index in [9.17, 15) is 8.42 Å². The number of rotatable bonds is 4. The maximum Gasteiger partial charge on any atom is 0.252 e. The topological polar surface area (TPSA) is 52.7 Å². The molecule has 0 aromatic carbocycles. The summed E-state index contributed by atoms with van der Waals surface area (Å²) in [6, 6.07) is 1.81. The first kappa shape index (κ1) is 15.9. The monoisotopic (exact) mass is 317 g/mol. The minimum Gasteiger partial charge on any atom is -0.315 e. The van der Waals surface area contributed by atoms with E-state index in [0.29, 0.717) is 17.3 Å². The van der Waals surface area contributed by atoms with Crippen molar-refractivity contribution < 1.29 is 8.42 Å². The van der Waals surface area contributed by atoms with Crippen LogP contribution in [-0.4, -0.2) is 57.9 Å². The molecule has 2 rings (SSSR count). The third-order valence-electron chi connectivity index (χ3n) is 3.61. The molecule has 2 heterocycles. The van der Waals surface area contributed by atoms with Gasteiger partial charge in [0.2, 0.25) is 0 Å². The van der Waals surface area contributed by atoms with Crippen LogP contribution in [0.4, 0.5) is 0 Å². The Bertz CT molecular complexity index is 554. The average molecular weight is 317 g/mol. The highest BCUT2D eigenvalue weighted by Crippen LogP contribution is 2.28. The largest absolute Gasteiger partial charge is 0.315 e. The first-order valence-corrected chi connectivity index (χ1v) is 9.13. The zero-order valence-electron chi connectivity index (χ0n) is 12.3. The third kappa shape index (κ3) is 3.40. The molecule has 1 aromatic rings. The van der Waals surface area contributed by atoms with Crippen molar-refractivity contribution in [2.75, 3.05) is 40.3 Å². The maximum atomic E-state index is 12.7. The molecule has 20 heavy (non-hydrogen) atoms. The standard InChI is InChI=1S/C13H23N3O2S2/c1-11-9-13(19-12(11)10-14-2)20(17,18)16-6-4-5-15(3)7-8-16/h9,14H,4-8,10H2,1-3H3. The van der Waals surface area contributed by atoms with Crippen molar-refractivity contribution in [1.29, 1.82) is 0 Å². The quantitative estimate of drug-likeness (QED) is 0.904. The van der Waals surface area contributed by atoms with Gasteiger partial charge in [-0.2, -0.15) is 4.31 Å². The van der Waals surface area contributed by atoms with Crippen LogP contribution >= 0.6 is 11.3 Å². The molecule has 1 fully saturated rings. The molecule has 7 heteroatoms. The van der Waals surface area contributed by atoms with Crippen molar-refractivity contribution in [3.05, 3.63) is 16.5 Å². The minimum absolute atomic E-state index is 0.477. The highest BCUT2D eigenvalue weighted by atomic mass is 32.2. The molecular formula is C13H23N3O2S2. The van der Waals surface area contributed by atoms with Crippen LogP contribution in [0.25, 0.3) is 0 Å². The van der Waals surface area contributed by atoms with Gasteiger partial charge in [-0.1, -0.05) is 0 Å². The lowest BCUT2D eigenvalue weighted by atomic mass is 10.3. The third-order valence-corrected chi connectivity index (χ3v) is 7.19. The van der Waals surface area contributed by atoms with E-state index in [1.54, 1.807) is 10.4 Å². The first-order valence-electron chi connectivity index (χ1n) is 6.87. The molecule has 0 amide bonds. The SMILES string of the molecule is CNCc1sc(S(=O)(=O)N2CCCN(C)CC2)cc1C. The predicted octanol–water partition coefficient (Wildman–Crippen LogP) is 1.10. The van der Waals surface area contributed by atoms with Crippen molar-refractivity contribution in [1.82, 2.24) is 14.5 Å². The van der Waals surface area contributed by atoms with Crippen molar-refractivity contribution in [2.45, 2.75) is 24.1 Å². The van der Waals surface area contributed by atoms with Crippen LogP contribution in [0.1, 0.15) is 16.9 Å².